The van der Waals surface area contributed by atoms with Crippen LogP contribution in [-0.2, 0) is 9.53 Å². The summed E-state index contributed by atoms with van der Waals surface area (Å²) in [6.07, 6.45) is 0.297. The van der Waals surface area contributed by atoms with Crippen molar-refractivity contribution in [2.75, 3.05) is 30.8 Å². The first-order chi connectivity index (χ1) is 9.74. The fraction of sp³-hybridized carbons (Fsp3) is 0.357. The number of hydrogen-bond acceptors (Lipinski definition) is 6. The highest BCUT2D eigenvalue weighted by atomic mass is 16.5. The van der Waals surface area contributed by atoms with Crippen LogP contribution in [0.2, 0.25) is 0 Å². The Labute approximate surface area is 117 Å². The van der Waals surface area contributed by atoms with Crippen LogP contribution in [0.3, 0.4) is 0 Å². The number of anilines is 2. The Morgan fingerprint density at radius 2 is 2.05 bits per heavy atom. The number of carbonyl (C=O) groups is 1. The number of hydrogen-bond donors (Lipinski definition) is 2. The van der Waals surface area contributed by atoms with Crippen molar-refractivity contribution in [3.63, 3.8) is 0 Å². The lowest BCUT2D eigenvalue weighted by molar-refractivity contribution is -0.140. The summed E-state index contributed by atoms with van der Waals surface area (Å²) in [7, 11) is 1.38. The molecule has 0 atom stereocenters. The van der Waals surface area contributed by atoms with Crippen molar-refractivity contribution in [1.82, 2.24) is 9.97 Å². The molecule has 0 bridgehead atoms. The fourth-order valence-corrected chi connectivity index (χ4v) is 1.83. The molecule has 6 heteroatoms. The summed E-state index contributed by atoms with van der Waals surface area (Å²) in [5, 5.41) is 7.19. The van der Waals surface area contributed by atoms with Gasteiger partial charge in [0.1, 0.15) is 5.82 Å². The molecule has 0 fully saturated rings. The van der Waals surface area contributed by atoms with Gasteiger partial charge in [-0.25, -0.2) is 4.98 Å². The second-order valence-corrected chi connectivity index (χ2v) is 4.20. The second kappa shape index (κ2) is 6.70. The molecule has 0 saturated heterocycles. The summed E-state index contributed by atoms with van der Waals surface area (Å²) in [5.41, 5.74) is 0.860. The molecule has 0 amide bonds. The van der Waals surface area contributed by atoms with E-state index in [0.29, 0.717) is 18.9 Å². The minimum atomic E-state index is -0.247. The van der Waals surface area contributed by atoms with Gasteiger partial charge in [0.05, 0.1) is 19.0 Å². The molecular weight excluding hydrogens is 256 g/mol. The van der Waals surface area contributed by atoms with E-state index in [2.05, 4.69) is 25.3 Å². The van der Waals surface area contributed by atoms with Gasteiger partial charge in [0.2, 0.25) is 5.95 Å². The van der Waals surface area contributed by atoms with Crippen molar-refractivity contribution < 1.29 is 9.53 Å². The van der Waals surface area contributed by atoms with Crippen molar-refractivity contribution in [2.45, 2.75) is 13.3 Å². The fourth-order valence-electron chi connectivity index (χ4n) is 1.83. The Morgan fingerprint density at radius 3 is 2.80 bits per heavy atom. The van der Waals surface area contributed by atoms with E-state index >= 15 is 0 Å². The highest BCUT2D eigenvalue weighted by Gasteiger charge is 2.07. The highest BCUT2D eigenvalue weighted by Crippen LogP contribution is 2.21. The van der Waals surface area contributed by atoms with Crippen LogP contribution in [0.25, 0.3) is 10.9 Å². The van der Waals surface area contributed by atoms with Crippen molar-refractivity contribution in [3.8, 4) is 0 Å². The van der Waals surface area contributed by atoms with Gasteiger partial charge >= 0.3 is 5.97 Å². The molecule has 2 rings (SSSR count). The molecule has 0 spiro atoms. The third-order valence-corrected chi connectivity index (χ3v) is 2.79. The van der Waals surface area contributed by atoms with Gasteiger partial charge in [-0.15, -0.1) is 0 Å². The predicted octanol–water partition coefficient (Wildman–Crippen LogP) is 2.04. The highest BCUT2D eigenvalue weighted by molar-refractivity contribution is 5.90. The van der Waals surface area contributed by atoms with E-state index in [1.54, 1.807) is 0 Å². The van der Waals surface area contributed by atoms with Crippen LogP contribution in [-0.4, -0.2) is 36.1 Å². The molecule has 0 unspecified atom stereocenters. The van der Waals surface area contributed by atoms with Crippen molar-refractivity contribution in [1.29, 1.82) is 0 Å². The molecule has 0 aliphatic carbocycles. The number of ether oxygens (including phenoxy) is 1. The molecule has 6 nitrogen and oxygen atoms in total. The van der Waals surface area contributed by atoms with Gasteiger partial charge in [0.25, 0.3) is 0 Å². The number of para-hydroxylation sites is 1. The first-order valence-corrected chi connectivity index (χ1v) is 6.56. The van der Waals surface area contributed by atoms with E-state index in [4.69, 9.17) is 0 Å². The van der Waals surface area contributed by atoms with Gasteiger partial charge in [-0.05, 0) is 19.1 Å². The van der Waals surface area contributed by atoms with Crippen LogP contribution in [0, 0.1) is 0 Å². The van der Waals surface area contributed by atoms with Crippen molar-refractivity contribution in [2.24, 2.45) is 0 Å². The van der Waals surface area contributed by atoms with Gasteiger partial charge in [0.15, 0.2) is 0 Å². The molecule has 2 N–H and O–H groups in total. The van der Waals surface area contributed by atoms with Crippen LogP contribution in [0.15, 0.2) is 24.3 Å². The normalized spacial score (nSPS) is 10.3. The molecule has 1 aromatic heterocycles. The third kappa shape index (κ3) is 3.34. The monoisotopic (exact) mass is 274 g/mol. The summed E-state index contributed by atoms with van der Waals surface area (Å²) in [4.78, 5) is 20.0. The number of nitrogens with zero attached hydrogens (tertiary/aromatic N) is 2. The molecule has 0 aliphatic heterocycles. The molecule has 1 heterocycles. The maximum absolute atomic E-state index is 11.1. The van der Waals surface area contributed by atoms with Crippen molar-refractivity contribution in [3.05, 3.63) is 24.3 Å². The van der Waals surface area contributed by atoms with Crippen LogP contribution in [0.4, 0.5) is 11.8 Å². The Morgan fingerprint density at radius 1 is 1.25 bits per heavy atom. The third-order valence-electron chi connectivity index (χ3n) is 2.79. The van der Waals surface area contributed by atoms with E-state index in [-0.39, 0.29) is 5.97 Å². The lowest BCUT2D eigenvalue weighted by atomic mass is 10.2. The number of fused-ring (bicyclic) bond motifs is 1. The number of carbonyl (C=O) groups excluding carboxylic acids is 1. The van der Waals surface area contributed by atoms with Crippen LogP contribution in [0.5, 0.6) is 0 Å². The Kier molecular flexibility index (Phi) is 4.70. The zero-order chi connectivity index (χ0) is 14.4. The van der Waals surface area contributed by atoms with E-state index in [9.17, 15) is 4.79 Å². The predicted molar refractivity (Wildman–Crippen MR) is 78.8 cm³/mol. The molecular formula is C14H18N4O2. The molecule has 0 saturated carbocycles. The van der Waals surface area contributed by atoms with Gasteiger partial charge in [-0.2, -0.15) is 4.98 Å². The number of nitrogens with one attached hydrogen (secondary N) is 2. The van der Waals surface area contributed by atoms with Crippen LogP contribution in [0.1, 0.15) is 13.3 Å². The molecule has 0 aliphatic rings. The Bertz CT molecular complexity index is 601. The summed E-state index contributed by atoms with van der Waals surface area (Å²) < 4.78 is 4.61. The first-order valence-electron chi connectivity index (χ1n) is 6.56. The summed E-state index contributed by atoms with van der Waals surface area (Å²) in [6, 6.07) is 7.75. The maximum Gasteiger partial charge on any atom is 0.307 e. The second-order valence-electron chi connectivity index (χ2n) is 4.20. The van der Waals surface area contributed by atoms with Gasteiger partial charge < -0.3 is 15.4 Å². The summed E-state index contributed by atoms with van der Waals surface area (Å²) >= 11 is 0. The van der Waals surface area contributed by atoms with Crippen LogP contribution < -0.4 is 10.6 Å². The smallest absolute Gasteiger partial charge is 0.307 e. The van der Waals surface area contributed by atoms with Gasteiger partial charge in [-0.3, -0.25) is 4.79 Å². The molecule has 2 aromatic rings. The minimum absolute atomic E-state index is 0.247. The number of methoxy groups -OCH3 is 1. The standard InChI is InChI=1S/C14H18N4O2/c1-3-15-14-17-11-7-5-4-6-10(11)13(18-14)16-9-8-12(19)20-2/h4-7H,3,8-9H2,1-2H3,(H2,15,16,17,18). The van der Waals surface area contributed by atoms with E-state index in [0.717, 1.165) is 23.3 Å². The lowest BCUT2D eigenvalue weighted by Gasteiger charge is -2.10. The molecule has 0 radical (unpaired) electrons. The number of esters is 1. The Balaban J connectivity index is 2.22. The average Bonchev–Trinajstić information content (AvgIpc) is 2.47. The van der Waals surface area contributed by atoms with E-state index in [1.165, 1.54) is 7.11 Å². The van der Waals surface area contributed by atoms with Gasteiger partial charge in [0, 0.05) is 18.5 Å². The molecule has 1 aromatic carbocycles. The quantitative estimate of drug-likeness (QED) is 0.785. The van der Waals surface area contributed by atoms with E-state index < -0.39 is 0 Å². The first kappa shape index (κ1) is 14.0. The zero-order valence-corrected chi connectivity index (χ0v) is 11.6. The number of rotatable bonds is 6. The zero-order valence-electron chi connectivity index (χ0n) is 11.6. The minimum Gasteiger partial charge on any atom is -0.469 e. The van der Waals surface area contributed by atoms with Gasteiger partial charge in [-0.1, -0.05) is 12.1 Å². The van der Waals surface area contributed by atoms with Crippen molar-refractivity contribution >= 4 is 28.6 Å². The summed E-state index contributed by atoms with van der Waals surface area (Å²) in [6.45, 7) is 3.21. The topological polar surface area (TPSA) is 76.1 Å². The largest absolute Gasteiger partial charge is 0.469 e. The molecule has 106 valence electrons. The molecule has 20 heavy (non-hydrogen) atoms. The Hall–Kier alpha value is -2.37. The average molecular weight is 274 g/mol. The maximum atomic E-state index is 11.1. The van der Waals surface area contributed by atoms with Crippen LogP contribution >= 0.6 is 0 Å². The SMILES string of the molecule is CCNc1nc(NCCC(=O)OC)c2ccccc2n1. The number of benzene rings is 1. The lowest BCUT2D eigenvalue weighted by Crippen LogP contribution is -2.12. The van der Waals surface area contributed by atoms with E-state index in [1.807, 2.05) is 31.2 Å². The number of aromatic nitrogens is 2. The summed E-state index contributed by atoms with van der Waals surface area (Å²) in [5.74, 6) is 1.05.